The first-order valence-corrected chi connectivity index (χ1v) is 7.77. The summed E-state index contributed by atoms with van der Waals surface area (Å²) in [5.41, 5.74) is 2.00. The first-order chi connectivity index (χ1) is 10.5. The third kappa shape index (κ3) is 2.97. The molecule has 1 aliphatic heterocycles. The van der Waals surface area contributed by atoms with E-state index in [0.29, 0.717) is 0 Å². The number of aliphatic hydroxyl groups excluding tert-OH is 1. The van der Waals surface area contributed by atoms with Crippen LogP contribution in [0.5, 0.6) is 0 Å². The summed E-state index contributed by atoms with van der Waals surface area (Å²) < 4.78 is 1.89. The Kier molecular flexibility index (Phi) is 4.11. The summed E-state index contributed by atoms with van der Waals surface area (Å²) in [6, 6.07) is 1.99. The molecule has 1 unspecified atom stereocenters. The number of hydrogen-bond acceptors (Lipinski definition) is 5. The number of rotatable bonds is 3. The second kappa shape index (κ2) is 6.04. The largest absolute Gasteiger partial charge is 0.385 e. The van der Waals surface area contributed by atoms with Crippen molar-refractivity contribution in [2.75, 3.05) is 18.0 Å². The number of hydrogen-bond donors (Lipinski definition) is 1. The Morgan fingerprint density at radius 3 is 2.36 bits per heavy atom. The third-order valence-corrected chi connectivity index (χ3v) is 4.36. The number of anilines is 1. The minimum absolute atomic E-state index is 0.239. The zero-order valence-electron chi connectivity index (χ0n) is 13.4. The molecule has 1 aliphatic rings. The van der Waals surface area contributed by atoms with E-state index < -0.39 is 6.10 Å². The van der Waals surface area contributed by atoms with Crippen molar-refractivity contribution >= 4 is 5.95 Å². The van der Waals surface area contributed by atoms with E-state index in [9.17, 15) is 5.11 Å². The smallest absolute Gasteiger partial charge is 0.225 e. The quantitative estimate of drug-likeness (QED) is 0.936. The number of nitrogens with zero attached hydrogens (tertiary/aromatic N) is 5. The first-order valence-electron chi connectivity index (χ1n) is 7.77. The van der Waals surface area contributed by atoms with Gasteiger partial charge in [0.25, 0.3) is 0 Å². The number of aliphatic hydroxyl groups is 1. The molecule has 1 atom stereocenters. The van der Waals surface area contributed by atoms with E-state index in [1.165, 1.54) is 0 Å². The average Bonchev–Trinajstić information content (AvgIpc) is 2.92. The Balaban J connectivity index is 1.66. The van der Waals surface area contributed by atoms with Crippen molar-refractivity contribution in [3.63, 3.8) is 0 Å². The molecule has 2 aromatic rings. The first kappa shape index (κ1) is 15.0. The van der Waals surface area contributed by atoms with Gasteiger partial charge in [-0.05, 0) is 38.7 Å². The molecule has 0 bridgehead atoms. The fraction of sp³-hybridized carbons (Fsp3) is 0.562. The fourth-order valence-electron chi connectivity index (χ4n) is 3.14. The van der Waals surface area contributed by atoms with Gasteiger partial charge in [0, 0.05) is 43.9 Å². The van der Waals surface area contributed by atoms with Crippen LogP contribution in [-0.2, 0) is 7.05 Å². The van der Waals surface area contributed by atoms with Crippen LogP contribution in [0, 0.1) is 19.8 Å². The van der Waals surface area contributed by atoms with Crippen molar-refractivity contribution in [2.24, 2.45) is 13.0 Å². The number of aromatic nitrogens is 4. The number of aryl methyl sites for hydroxylation is 3. The maximum absolute atomic E-state index is 10.5. The van der Waals surface area contributed by atoms with E-state index in [0.717, 1.165) is 49.1 Å². The summed E-state index contributed by atoms with van der Waals surface area (Å²) in [5, 5.41) is 10.5. The normalized spacial score (nSPS) is 17.7. The van der Waals surface area contributed by atoms with Gasteiger partial charge in [0.15, 0.2) is 0 Å². The molecule has 2 aromatic heterocycles. The van der Waals surface area contributed by atoms with E-state index >= 15 is 0 Å². The van der Waals surface area contributed by atoms with Crippen molar-refractivity contribution in [2.45, 2.75) is 32.8 Å². The van der Waals surface area contributed by atoms with Crippen molar-refractivity contribution in [1.82, 2.24) is 19.5 Å². The summed E-state index contributed by atoms with van der Waals surface area (Å²) in [5.74, 6) is 1.80. The minimum Gasteiger partial charge on any atom is -0.385 e. The molecule has 0 aromatic carbocycles. The molecule has 3 rings (SSSR count). The van der Waals surface area contributed by atoms with Crippen molar-refractivity contribution in [3.05, 3.63) is 35.7 Å². The fourth-order valence-corrected chi connectivity index (χ4v) is 3.14. The molecule has 3 heterocycles. The molecule has 0 spiro atoms. The maximum Gasteiger partial charge on any atom is 0.225 e. The zero-order chi connectivity index (χ0) is 15.7. The third-order valence-electron chi connectivity index (χ3n) is 4.36. The van der Waals surface area contributed by atoms with Crippen LogP contribution in [0.3, 0.4) is 0 Å². The van der Waals surface area contributed by atoms with Crippen LogP contribution in [0.4, 0.5) is 5.95 Å². The molecule has 0 aliphatic carbocycles. The van der Waals surface area contributed by atoms with Gasteiger partial charge < -0.3 is 14.6 Å². The van der Waals surface area contributed by atoms with E-state index in [4.69, 9.17) is 0 Å². The molecule has 0 saturated carbocycles. The molecule has 6 nitrogen and oxygen atoms in total. The van der Waals surface area contributed by atoms with E-state index in [-0.39, 0.29) is 5.92 Å². The predicted octanol–water partition coefficient (Wildman–Crippen LogP) is 1.78. The Hall–Kier alpha value is -1.95. The molecule has 0 amide bonds. The summed E-state index contributed by atoms with van der Waals surface area (Å²) in [6.45, 7) is 5.73. The molecular weight excluding hydrogens is 278 g/mol. The van der Waals surface area contributed by atoms with Crippen molar-refractivity contribution in [1.29, 1.82) is 0 Å². The molecule has 6 heteroatoms. The molecule has 1 N–H and O–H groups in total. The summed E-state index contributed by atoms with van der Waals surface area (Å²) in [6.07, 6.45) is 4.95. The van der Waals surface area contributed by atoms with Gasteiger partial charge in [0.1, 0.15) is 11.9 Å². The van der Waals surface area contributed by atoms with Gasteiger partial charge in [-0.15, -0.1) is 0 Å². The van der Waals surface area contributed by atoms with Crippen LogP contribution < -0.4 is 4.90 Å². The monoisotopic (exact) mass is 301 g/mol. The standard InChI is InChI=1S/C16H23N5O/c1-11-10-12(2)19-16(18-11)21-7-4-13(5-8-21)14(22)15-17-6-9-20(15)3/h6,9-10,13-14,22H,4-5,7-8H2,1-3H3. The summed E-state index contributed by atoms with van der Waals surface area (Å²) in [7, 11) is 1.92. The Labute approximate surface area is 130 Å². The highest BCUT2D eigenvalue weighted by molar-refractivity contribution is 5.32. The van der Waals surface area contributed by atoms with Crippen LogP contribution in [0.15, 0.2) is 18.5 Å². The van der Waals surface area contributed by atoms with Crippen LogP contribution in [0.25, 0.3) is 0 Å². The summed E-state index contributed by atoms with van der Waals surface area (Å²) in [4.78, 5) is 15.5. The average molecular weight is 301 g/mol. The van der Waals surface area contributed by atoms with Gasteiger partial charge in [-0.2, -0.15) is 0 Å². The maximum atomic E-state index is 10.5. The zero-order valence-corrected chi connectivity index (χ0v) is 13.4. The number of piperidine rings is 1. The molecule has 0 radical (unpaired) electrons. The lowest BCUT2D eigenvalue weighted by Gasteiger charge is -2.34. The van der Waals surface area contributed by atoms with Crippen LogP contribution in [0.1, 0.15) is 36.2 Å². The Morgan fingerprint density at radius 2 is 1.82 bits per heavy atom. The van der Waals surface area contributed by atoms with Crippen molar-refractivity contribution in [3.8, 4) is 0 Å². The minimum atomic E-state index is -0.498. The van der Waals surface area contributed by atoms with Crippen LogP contribution in [-0.4, -0.2) is 37.7 Å². The van der Waals surface area contributed by atoms with Gasteiger partial charge >= 0.3 is 0 Å². The SMILES string of the molecule is Cc1cc(C)nc(N2CCC(C(O)c3nccn3C)CC2)n1. The van der Waals surface area contributed by atoms with Gasteiger partial charge in [-0.25, -0.2) is 15.0 Å². The molecule has 1 fully saturated rings. The predicted molar refractivity (Wildman–Crippen MR) is 84.6 cm³/mol. The number of imidazole rings is 1. The highest BCUT2D eigenvalue weighted by atomic mass is 16.3. The van der Waals surface area contributed by atoms with Crippen LogP contribution in [0.2, 0.25) is 0 Å². The van der Waals surface area contributed by atoms with Gasteiger partial charge in [0.2, 0.25) is 5.95 Å². The lowest BCUT2D eigenvalue weighted by atomic mass is 9.91. The van der Waals surface area contributed by atoms with Gasteiger partial charge in [-0.3, -0.25) is 0 Å². The lowest BCUT2D eigenvalue weighted by molar-refractivity contribution is 0.0823. The van der Waals surface area contributed by atoms with Gasteiger partial charge in [0.05, 0.1) is 0 Å². The van der Waals surface area contributed by atoms with Gasteiger partial charge in [-0.1, -0.05) is 0 Å². The van der Waals surface area contributed by atoms with E-state index in [1.807, 2.05) is 37.7 Å². The van der Waals surface area contributed by atoms with Crippen LogP contribution >= 0.6 is 0 Å². The Morgan fingerprint density at radius 1 is 1.18 bits per heavy atom. The lowest BCUT2D eigenvalue weighted by Crippen LogP contribution is -2.37. The highest BCUT2D eigenvalue weighted by Crippen LogP contribution is 2.30. The topological polar surface area (TPSA) is 67.1 Å². The van der Waals surface area contributed by atoms with E-state index in [1.54, 1.807) is 6.20 Å². The molecule has 1 saturated heterocycles. The molecule has 22 heavy (non-hydrogen) atoms. The second-order valence-corrected chi connectivity index (χ2v) is 6.12. The Bertz CT molecular complexity index is 625. The van der Waals surface area contributed by atoms with E-state index in [2.05, 4.69) is 19.9 Å². The molecule has 118 valence electrons. The highest BCUT2D eigenvalue weighted by Gasteiger charge is 2.29. The molecular formula is C16H23N5O. The second-order valence-electron chi connectivity index (χ2n) is 6.12. The summed E-state index contributed by atoms with van der Waals surface area (Å²) >= 11 is 0. The van der Waals surface area contributed by atoms with Crippen molar-refractivity contribution < 1.29 is 5.11 Å².